The molecule has 12 heteroatoms. The van der Waals surface area contributed by atoms with Crippen LogP contribution in [0, 0.1) is 10.1 Å². The molecule has 1 aliphatic carbocycles. The van der Waals surface area contributed by atoms with Gasteiger partial charge in [0.15, 0.2) is 11.9 Å². The predicted molar refractivity (Wildman–Crippen MR) is 144 cm³/mol. The maximum atomic E-state index is 13.5. The van der Waals surface area contributed by atoms with Crippen LogP contribution in [-0.2, 0) is 9.53 Å². The van der Waals surface area contributed by atoms with Crippen molar-refractivity contribution >= 4 is 44.7 Å². The standard InChI is InChI=1S/C26H27BrN4O7/c1-15(26(33)37-3)38-23-21(31(34)35)11-16(12-22(23)36-2)14-28-30-24(17-7-5-4-6-8-17)29-20-10-9-18(27)13-19(20)25(30)32/h9-15,17H,4-8H2,1-3H3/t15-/m1/s1. The van der Waals surface area contributed by atoms with Crippen molar-refractivity contribution in [3.05, 3.63) is 66.7 Å². The Bertz CT molecular complexity index is 1460. The topological polar surface area (TPSA) is 135 Å². The SMILES string of the molecule is COC(=O)[C@@H](C)Oc1c(OC)cc(C=Nn2c(C3CCCCC3)nc3ccc(Br)cc3c2=O)cc1[N+](=O)[O-]. The zero-order valence-corrected chi connectivity index (χ0v) is 22.8. The molecule has 0 bridgehead atoms. The molecule has 0 radical (unpaired) electrons. The first-order valence-electron chi connectivity index (χ1n) is 12.1. The van der Waals surface area contributed by atoms with Crippen LogP contribution in [0.15, 0.2) is 44.7 Å². The van der Waals surface area contributed by atoms with Crippen LogP contribution in [0.25, 0.3) is 10.9 Å². The number of hydrogen-bond donors (Lipinski definition) is 0. The molecule has 1 saturated carbocycles. The van der Waals surface area contributed by atoms with E-state index in [9.17, 15) is 19.7 Å². The Balaban J connectivity index is 1.82. The van der Waals surface area contributed by atoms with E-state index in [1.165, 1.54) is 44.2 Å². The lowest BCUT2D eigenvalue weighted by molar-refractivity contribution is -0.386. The molecule has 0 aliphatic heterocycles. The average molecular weight is 587 g/mol. The summed E-state index contributed by atoms with van der Waals surface area (Å²) in [4.78, 5) is 41.4. The van der Waals surface area contributed by atoms with Gasteiger partial charge in [-0.05, 0) is 44.0 Å². The molecule has 2 aromatic carbocycles. The lowest BCUT2D eigenvalue weighted by Gasteiger charge is -2.22. The average Bonchev–Trinajstić information content (AvgIpc) is 2.92. The van der Waals surface area contributed by atoms with Gasteiger partial charge in [-0.1, -0.05) is 35.2 Å². The first-order chi connectivity index (χ1) is 18.2. The highest BCUT2D eigenvalue weighted by molar-refractivity contribution is 9.10. The fourth-order valence-corrected chi connectivity index (χ4v) is 4.87. The number of nitro benzene ring substituents is 1. The molecule has 0 amide bonds. The second-order valence-corrected chi connectivity index (χ2v) is 9.86. The van der Waals surface area contributed by atoms with Crippen molar-refractivity contribution < 1.29 is 23.9 Å². The second kappa shape index (κ2) is 11.7. The summed E-state index contributed by atoms with van der Waals surface area (Å²) in [5.41, 5.74) is 0.120. The summed E-state index contributed by atoms with van der Waals surface area (Å²) in [7, 11) is 2.52. The molecule has 1 heterocycles. The zero-order valence-electron chi connectivity index (χ0n) is 21.2. The number of nitrogens with zero attached hydrogens (tertiary/aromatic N) is 4. The van der Waals surface area contributed by atoms with E-state index in [-0.39, 0.29) is 23.0 Å². The van der Waals surface area contributed by atoms with Gasteiger partial charge in [-0.15, -0.1) is 0 Å². The summed E-state index contributed by atoms with van der Waals surface area (Å²) >= 11 is 3.40. The summed E-state index contributed by atoms with van der Waals surface area (Å²) in [5, 5.41) is 16.7. The molecule has 1 atom stereocenters. The fourth-order valence-electron chi connectivity index (χ4n) is 4.51. The van der Waals surface area contributed by atoms with Gasteiger partial charge in [0.1, 0.15) is 5.82 Å². The van der Waals surface area contributed by atoms with Crippen molar-refractivity contribution in [3.8, 4) is 11.5 Å². The van der Waals surface area contributed by atoms with Crippen LogP contribution in [0.1, 0.15) is 56.3 Å². The first-order valence-corrected chi connectivity index (χ1v) is 12.9. The molecule has 0 spiro atoms. The minimum atomic E-state index is -1.10. The van der Waals surface area contributed by atoms with E-state index in [4.69, 9.17) is 14.5 Å². The lowest BCUT2D eigenvalue weighted by Crippen LogP contribution is -2.25. The highest BCUT2D eigenvalue weighted by atomic mass is 79.9. The van der Waals surface area contributed by atoms with E-state index in [1.807, 2.05) is 6.07 Å². The van der Waals surface area contributed by atoms with Crippen LogP contribution in [0.5, 0.6) is 11.5 Å². The van der Waals surface area contributed by atoms with Crippen LogP contribution >= 0.6 is 15.9 Å². The van der Waals surface area contributed by atoms with E-state index in [0.717, 1.165) is 36.6 Å². The van der Waals surface area contributed by atoms with Crippen molar-refractivity contribution in [2.75, 3.05) is 14.2 Å². The van der Waals surface area contributed by atoms with Gasteiger partial charge in [-0.2, -0.15) is 9.78 Å². The molecule has 4 rings (SSSR count). The van der Waals surface area contributed by atoms with E-state index < -0.39 is 22.7 Å². The van der Waals surface area contributed by atoms with Gasteiger partial charge < -0.3 is 14.2 Å². The molecule has 11 nitrogen and oxygen atoms in total. The minimum Gasteiger partial charge on any atom is -0.493 e. The maximum Gasteiger partial charge on any atom is 0.346 e. The maximum absolute atomic E-state index is 13.5. The summed E-state index contributed by atoms with van der Waals surface area (Å²) in [6.45, 7) is 1.41. The van der Waals surface area contributed by atoms with Gasteiger partial charge >= 0.3 is 11.7 Å². The number of halogens is 1. The van der Waals surface area contributed by atoms with Crippen LogP contribution in [0.4, 0.5) is 5.69 Å². The van der Waals surface area contributed by atoms with Crippen molar-refractivity contribution in [3.63, 3.8) is 0 Å². The molecule has 0 unspecified atom stereocenters. The van der Waals surface area contributed by atoms with Crippen molar-refractivity contribution in [2.24, 2.45) is 5.10 Å². The number of ether oxygens (including phenoxy) is 3. The Kier molecular flexibility index (Phi) is 8.40. The lowest BCUT2D eigenvalue weighted by atomic mass is 9.88. The highest BCUT2D eigenvalue weighted by Gasteiger charge is 2.27. The van der Waals surface area contributed by atoms with E-state index in [2.05, 4.69) is 25.8 Å². The number of hydrogen-bond acceptors (Lipinski definition) is 9. The third kappa shape index (κ3) is 5.69. The molecule has 1 aromatic heterocycles. The largest absolute Gasteiger partial charge is 0.493 e. The number of rotatable bonds is 8. The van der Waals surface area contributed by atoms with Gasteiger partial charge in [0.2, 0.25) is 5.75 Å². The fraction of sp³-hybridized carbons (Fsp3) is 0.385. The first kappa shape index (κ1) is 27.2. The molecule has 38 heavy (non-hydrogen) atoms. The minimum absolute atomic E-state index is 0.0248. The van der Waals surface area contributed by atoms with Gasteiger partial charge in [-0.25, -0.2) is 9.78 Å². The van der Waals surface area contributed by atoms with E-state index in [1.54, 1.807) is 12.1 Å². The molecule has 1 aliphatic rings. The monoisotopic (exact) mass is 586 g/mol. The highest BCUT2D eigenvalue weighted by Crippen LogP contribution is 2.39. The summed E-state index contributed by atoms with van der Waals surface area (Å²) < 4.78 is 17.5. The molecule has 0 N–H and O–H groups in total. The normalized spacial score (nSPS) is 14.9. The smallest absolute Gasteiger partial charge is 0.346 e. The van der Waals surface area contributed by atoms with Crippen LogP contribution < -0.4 is 15.0 Å². The Labute approximate surface area is 226 Å². The number of methoxy groups -OCH3 is 2. The molecule has 0 saturated heterocycles. The number of aromatic nitrogens is 2. The summed E-state index contributed by atoms with van der Waals surface area (Å²) in [6.07, 6.45) is 5.25. The van der Waals surface area contributed by atoms with Gasteiger partial charge in [0.25, 0.3) is 5.56 Å². The van der Waals surface area contributed by atoms with Crippen LogP contribution in [0.2, 0.25) is 0 Å². The van der Waals surface area contributed by atoms with Crippen LogP contribution in [-0.4, -0.2) is 47.1 Å². The number of benzene rings is 2. The van der Waals surface area contributed by atoms with E-state index >= 15 is 0 Å². The second-order valence-electron chi connectivity index (χ2n) is 8.94. The Hall–Kier alpha value is -3.80. The number of nitro groups is 1. The van der Waals surface area contributed by atoms with Crippen LogP contribution in [0.3, 0.4) is 0 Å². The number of carbonyl (C=O) groups is 1. The predicted octanol–water partition coefficient (Wildman–Crippen LogP) is 4.95. The third-order valence-corrected chi connectivity index (χ3v) is 6.92. The number of fused-ring (bicyclic) bond motifs is 1. The molecule has 3 aromatic rings. The molecular formula is C26H27BrN4O7. The van der Waals surface area contributed by atoms with E-state index in [0.29, 0.717) is 22.3 Å². The summed E-state index contributed by atoms with van der Waals surface area (Å²) in [5.74, 6) is -0.256. The number of carbonyl (C=O) groups excluding carboxylic acids is 1. The Morgan fingerprint density at radius 3 is 2.63 bits per heavy atom. The van der Waals surface area contributed by atoms with Crippen molar-refractivity contribution in [2.45, 2.75) is 51.0 Å². The zero-order chi connectivity index (χ0) is 27.4. The van der Waals surface area contributed by atoms with Gasteiger partial charge in [0.05, 0.1) is 36.3 Å². The molecular weight excluding hydrogens is 560 g/mol. The molecule has 1 fully saturated rings. The third-order valence-electron chi connectivity index (χ3n) is 6.43. The Morgan fingerprint density at radius 1 is 1.24 bits per heavy atom. The van der Waals surface area contributed by atoms with Gasteiger partial charge in [0, 0.05) is 22.0 Å². The number of esters is 1. The quantitative estimate of drug-likeness (QED) is 0.156. The Morgan fingerprint density at radius 2 is 1.97 bits per heavy atom. The summed E-state index contributed by atoms with van der Waals surface area (Å²) in [6, 6.07) is 8.05. The molecule has 200 valence electrons. The van der Waals surface area contributed by atoms with Crippen molar-refractivity contribution in [1.29, 1.82) is 0 Å². The van der Waals surface area contributed by atoms with Gasteiger partial charge in [-0.3, -0.25) is 14.9 Å². The van der Waals surface area contributed by atoms with Crippen molar-refractivity contribution in [1.82, 2.24) is 9.66 Å².